The van der Waals surface area contributed by atoms with E-state index in [0.717, 1.165) is 0 Å². The Morgan fingerprint density at radius 1 is 1.36 bits per heavy atom. The maximum Gasteiger partial charge on any atom is 0.0586 e. The van der Waals surface area contributed by atoms with Gasteiger partial charge in [0, 0.05) is 13.2 Å². The van der Waals surface area contributed by atoms with E-state index in [1.165, 1.54) is 25.7 Å². The number of ether oxygens (including phenoxy) is 1. The molecule has 11 heavy (non-hydrogen) atoms. The second kappa shape index (κ2) is 5.81. The Labute approximate surface area is 75.1 Å². The lowest BCUT2D eigenvalue weighted by Crippen LogP contribution is -2.34. The first-order valence-corrected chi connectivity index (χ1v) is 4.07. The SMILES string of the molecule is CN[C@@H]1CCC[C@@H](OC)C1.Cl. The maximum atomic E-state index is 5.28. The Morgan fingerprint density at radius 3 is 2.64 bits per heavy atom. The normalized spacial score (nSPS) is 31.1. The van der Waals surface area contributed by atoms with Gasteiger partial charge in [-0.05, 0) is 32.7 Å². The standard InChI is InChI=1S/C8H17NO.ClH/c1-9-7-4-3-5-8(6-7)10-2;/h7-9H,3-6H2,1-2H3;1H/t7-,8-;/m1./s1. The molecule has 2 atom stereocenters. The van der Waals surface area contributed by atoms with Crippen LogP contribution >= 0.6 is 12.4 Å². The Balaban J connectivity index is 0.000001000. The van der Waals surface area contributed by atoms with Crippen molar-refractivity contribution in [2.24, 2.45) is 0 Å². The summed E-state index contributed by atoms with van der Waals surface area (Å²) in [4.78, 5) is 0. The van der Waals surface area contributed by atoms with Crippen molar-refractivity contribution in [3.63, 3.8) is 0 Å². The minimum atomic E-state index is 0. The maximum absolute atomic E-state index is 5.28. The van der Waals surface area contributed by atoms with Crippen LogP contribution in [-0.4, -0.2) is 26.3 Å². The van der Waals surface area contributed by atoms with Gasteiger partial charge in [0.15, 0.2) is 0 Å². The highest BCUT2D eigenvalue weighted by molar-refractivity contribution is 5.85. The third kappa shape index (κ3) is 3.41. The van der Waals surface area contributed by atoms with E-state index in [4.69, 9.17) is 4.74 Å². The number of methoxy groups -OCH3 is 1. The van der Waals surface area contributed by atoms with Gasteiger partial charge in [0.1, 0.15) is 0 Å². The van der Waals surface area contributed by atoms with Gasteiger partial charge in [-0.15, -0.1) is 12.4 Å². The first-order valence-electron chi connectivity index (χ1n) is 4.07. The minimum absolute atomic E-state index is 0. The molecule has 0 aromatic rings. The molecular weight excluding hydrogens is 162 g/mol. The summed E-state index contributed by atoms with van der Waals surface area (Å²) in [5.41, 5.74) is 0. The molecule has 1 fully saturated rings. The zero-order chi connectivity index (χ0) is 7.40. The molecule has 0 unspecified atom stereocenters. The molecule has 0 spiro atoms. The van der Waals surface area contributed by atoms with Gasteiger partial charge >= 0.3 is 0 Å². The van der Waals surface area contributed by atoms with Gasteiger partial charge in [-0.25, -0.2) is 0 Å². The average molecular weight is 180 g/mol. The lowest BCUT2D eigenvalue weighted by Gasteiger charge is -2.27. The van der Waals surface area contributed by atoms with Crippen molar-refractivity contribution in [3.8, 4) is 0 Å². The van der Waals surface area contributed by atoms with Crippen LogP contribution in [0.2, 0.25) is 0 Å². The summed E-state index contributed by atoms with van der Waals surface area (Å²) in [6.07, 6.45) is 5.56. The molecule has 1 saturated carbocycles. The molecule has 2 nitrogen and oxygen atoms in total. The second-order valence-electron chi connectivity index (χ2n) is 3.01. The van der Waals surface area contributed by atoms with Crippen molar-refractivity contribution in [1.82, 2.24) is 5.32 Å². The summed E-state index contributed by atoms with van der Waals surface area (Å²) in [6, 6.07) is 0.693. The monoisotopic (exact) mass is 179 g/mol. The van der Waals surface area contributed by atoms with E-state index in [9.17, 15) is 0 Å². The highest BCUT2D eigenvalue weighted by Crippen LogP contribution is 2.19. The number of rotatable bonds is 2. The van der Waals surface area contributed by atoms with E-state index in [2.05, 4.69) is 5.32 Å². The number of nitrogens with one attached hydrogen (secondary N) is 1. The summed E-state index contributed by atoms with van der Waals surface area (Å²) in [6.45, 7) is 0. The van der Waals surface area contributed by atoms with Crippen molar-refractivity contribution in [1.29, 1.82) is 0 Å². The van der Waals surface area contributed by atoms with Gasteiger partial charge in [-0.1, -0.05) is 0 Å². The van der Waals surface area contributed by atoms with Crippen LogP contribution in [0.4, 0.5) is 0 Å². The Hall–Kier alpha value is 0.210. The van der Waals surface area contributed by atoms with Crippen molar-refractivity contribution in [3.05, 3.63) is 0 Å². The zero-order valence-electron chi connectivity index (χ0n) is 7.30. The molecule has 1 aliphatic rings. The van der Waals surface area contributed by atoms with Crippen molar-refractivity contribution < 1.29 is 4.74 Å². The Morgan fingerprint density at radius 2 is 2.09 bits per heavy atom. The molecular formula is C8H18ClNO. The number of halogens is 1. The molecule has 1 aliphatic carbocycles. The molecule has 0 aromatic carbocycles. The molecule has 0 bridgehead atoms. The highest BCUT2D eigenvalue weighted by Gasteiger charge is 2.19. The van der Waals surface area contributed by atoms with Gasteiger partial charge in [-0.3, -0.25) is 0 Å². The topological polar surface area (TPSA) is 21.3 Å². The van der Waals surface area contributed by atoms with Gasteiger partial charge in [0.05, 0.1) is 6.10 Å². The highest BCUT2D eigenvalue weighted by atomic mass is 35.5. The van der Waals surface area contributed by atoms with Gasteiger partial charge in [-0.2, -0.15) is 0 Å². The smallest absolute Gasteiger partial charge is 0.0586 e. The van der Waals surface area contributed by atoms with Crippen molar-refractivity contribution in [2.75, 3.05) is 14.2 Å². The van der Waals surface area contributed by atoms with Gasteiger partial charge in [0.2, 0.25) is 0 Å². The van der Waals surface area contributed by atoms with E-state index >= 15 is 0 Å². The van der Waals surface area contributed by atoms with Crippen LogP contribution in [0.15, 0.2) is 0 Å². The molecule has 0 saturated heterocycles. The summed E-state index contributed by atoms with van der Waals surface area (Å²) in [7, 11) is 3.84. The van der Waals surface area contributed by atoms with Crippen LogP contribution in [0.3, 0.4) is 0 Å². The van der Waals surface area contributed by atoms with Crippen molar-refractivity contribution in [2.45, 2.75) is 37.8 Å². The van der Waals surface area contributed by atoms with E-state index in [1.54, 1.807) is 0 Å². The largest absolute Gasteiger partial charge is 0.381 e. The molecule has 3 heteroatoms. The molecule has 1 rings (SSSR count). The lowest BCUT2D eigenvalue weighted by atomic mass is 9.93. The summed E-state index contributed by atoms with van der Waals surface area (Å²) in [5, 5.41) is 3.29. The van der Waals surface area contributed by atoms with E-state index in [1.807, 2.05) is 14.2 Å². The van der Waals surface area contributed by atoms with E-state index < -0.39 is 0 Å². The van der Waals surface area contributed by atoms with Crippen molar-refractivity contribution >= 4 is 12.4 Å². The molecule has 1 N–H and O–H groups in total. The molecule has 68 valence electrons. The quantitative estimate of drug-likeness (QED) is 0.695. The second-order valence-corrected chi connectivity index (χ2v) is 3.01. The molecule has 0 aromatic heterocycles. The summed E-state index contributed by atoms with van der Waals surface area (Å²) < 4.78 is 5.28. The average Bonchev–Trinajstić information content (AvgIpc) is 2.05. The third-order valence-electron chi connectivity index (χ3n) is 2.37. The van der Waals surface area contributed by atoms with Gasteiger partial charge in [0.25, 0.3) is 0 Å². The first kappa shape index (κ1) is 11.2. The van der Waals surface area contributed by atoms with E-state index in [0.29, 0.717) is 12.1 Å². The molecule has 0 amide bonds. The van der Waals surface area contributed by atoms with Crippen LogP contribution in [0.25, 0.3) is 0 Å². The van der Waals surface area contributed by atoms with Crippen LogP contribution in [0.5, 0.6) is 0 Å². The minimum Gasteiger partial charge on any atom is -0.381 e. The van der Waals surface area contributed by atoms with Gasteiger partial charge < -0.3 is 10.1 Å². The van der Waals surface area contributed by atoms with E-state index in [-0.39, 0.29) is 12.4 Å². The van der Waals surface area contributed by atoms with Crippen LogP contribution in [0.1, 0.15) is 25.7 Å². The predicted molar refractivity (Wildman–Crippen MR) is 49.4 cm³/mol. The fourth-order valence-electron chi connectivity index (χ4n) is 1.62. The number of hydrogen-bond donors (Lipinski definition) is 1. The first-order chi connectivity index (χ1) is 4.86. The fraction of sp³-hybridized carbons (Fsp3) is 1.00. The summed E-state index contributed by atoms with van der Waals surface area (Å²) in [5.74, 6) is 0. The predicted octanol–water partition coefficient (Wildman–Crippen LogP) is 1.59. The molecule has 0 aliphatic heterocycles. The fourth-order valence-corrected chi connectivity index (χ4v) is 1.62. The van der Waals surface area contributed by atoms with Crippen LogP contribution in [-0.2, 0) is 4.74 Å². The van der Waals surface area contributed by atoms with Crippen LogP contribution < -0.4 is 5.32 Å². The summed E-state index contributed by atoms with van der Waals surface area (Å²) >= 11 is 0. The molecule has 0 radical (unpaired) electrons. The zero-order valence-corrected chi connectivity index (χ0v) is 8.12. The Kier molecular flexibility index (Phi) is 5.92. The molecule has 0 heterocycles. The third-order valence-corrected chi connectivity index (χ3v) is 2.37. The Bertz CT molecular complexity index is 90.1. The number of hydrogen-bond acceptors (Lipinski definition) is 2. The lowest BCUT2D eigenvalue weighted by molar-refractivity contribution is 0.0601. The van der Waals surface area contributed by atoms with Crippen LogP contribution in [0, 0.1) is 0 Å².